The quantitative estimate of drug-likeness (QED) is 0.601. The summed E-state index contributed by atoms with van der Waals surface area (Å²) in [6.07, 6.45) is 0.260. The van der Waals surface area contributed by atoms with Crippen molar-refractivity contribution in [3.63, 3.8) is 0 Å². The van der Waals surface area contributed by atoms with Crippen LogP contribution in [-0.4, -0.2) is 54.5 Å². The zero-order valence-corrected chi connectivity index (χ0v) is 16.6. The summed E-state index contributed by atoms with van der Waals surface area (Å²) in [6.45, 7) is 10.0. The highest BCUT2D eigenvalue weighted by Crippen LogP contribution is 2.09. The Hall–Kier alpha value is -2.41. The average molecular weight is 378 g/mol. The van der Waals surface area contributed by atoms with Crippen molar-refractivity contribution in [1.29, 1.82) is 0 Å². The molecule has 1 aromatic carbocycles. The predicted molar refractivity (Wildman–Crippen MR) is 102 cm³/mol. The first-order valence-electron chi connectivity index (χ1n) is 9.06. The third-order valence-electron chi connectivity index (χ3n) is 3.68. The summed E-state index contributed by atoms with van der Waals surface area (Å²) >= 11 is 0. The van der Waals surface area contributed by atoms with E-state index >= 15 is 0 Å². The van der Waals surface area contributed by atoms with E-state index in [1.807, 2.05) is 58.0 Å². The Bertz CT molecular complexity index is 598. The van der Waals surface area contributed by atoms with Crippen molar-refractivity contribution in [3.8, 4) is 0 Å². The van der Waals surface area contributed by atoms with Crippen LogP contribution in [0.3, 0.4) is 0 Å². The fourth-order valence-electron chi connectivity index (χ4n) is 2.43. The van der Waals surface area contributed by atoms with Gasteiger partial charge in [-0.05, 0) is 33.3 Å². The molecule has 1 heterocycles. The Balaban J connectivity index is 0.000000309. The van der Waals surface area contributed by atoms with Crippen LogP contribution in [0.25, 0.3) is 0 Å². The van der Waals surface area contributed by atoms with Crippen molar-refractivity contribution in [3.05, 3.63) is 35.9 Å². The maximum atomic E-state index is 11.7. The SMILES string of the molecule is C[C@@H]1NCCN(CCC(=O)OC(C)(C)C)C1=O.O=COCc1ccccc1. The molecule has 150 valence electrons. The zero-order valence-electron chi connectivity index (χ0n) is 16.6. The monoisotopic (exact) mass is 378 g/mol. The molecule has 1 aliphatic heterocycles. The Labute approximate surface area is 161 Å². The maximum absolute atomic E-state index is 11.7. The standard InChI is InChI=1S/C12H22N2O3.C8H8O2/c1-9-11(16)14(8-6-13-9)7-5-10(15)17-12(2,3)4;9-7-10-6-8-4-2-1-3-5-8/h9,13H,5-8H2,1-4H3;1-5,7H,6H2/t9-;/m0./s1. The van der Waals surface area contributed by atoms with E-state index in [-0.39, 0.29) is 24.3 Å². The van der Waals surface area contributed by atoms with Gasteiger partial charge >= 0.3 is 5.97 Å². The molecule has 0 spiro atoms. The molecule has 1 amide bonds. The van der Waals surface area contributed by atoms with Gasteiger partial charge < -0.3 is 19.7 Å². The molecule has 0 unspecified atom stereocenters. The fourth-order valence-corrected chi connectivity index (χ4v) is 2.43. The second-order valence-corrected chi connectivity index (χ2v) is 7.23. The second-order valence-electron chi connectivity index (χ2n) is 7.23. The molecule has 0 saturated carbocycles. The summed E-state index contributed by atoms with van der Waals surface area (Å²) in [5.41, 5.74) is 0.548. The van der Waals surface area contributed by atoms with Gasteiger partial charge in [0, 0.05) is 19.6 Å². The normalized spacial score (nSPS) is 16.8. The van der Waals surface area contributed by atoms with E-state index in [0.717, 1.165) is 12.1 Å². The van der Waals surface area contributed by atoms with Crippen molar-refractivity contribution in [2.75, 3.05) is 19.6 Å². The van der Waals surface area contributed by atoms with Crippen LogP contribution in [0.2, 0.25) is 0 Å². The number of nitrogens with one attached hydrogen (secondary N) is 1. The molecule has 1 atom stereocenters. The third-order valence-corrected chi connectivity index (χ3v) is 3.68. The van der Waals surface area contributed by atoms with Crippen LogP contribution in [-0.2, 0) is 30.5 Å². The Morgan fingerprint density at radius 2 is 1.96 bits per heavy atom. The van der Waals surface area contributed by atoms with E-state index in [1.165, 1.54) is 0 Å². The molecule has 27 heavy (non-hydrogen) atoms. The lowest BCUT2D eigenvalue weighted by atomic mass is 10.2. The molecule has 0 radical (unpaired) electrons. The molecule has 7 nitrogen and oxygen atoms in total. The fraction of sp³-hybridized carbons (Fsp3) is 0.550. The Morgan fingerprint density at radius 3 is 2.56 bits per heavy atom. The van der Waals surface area contributed by atoms with Gasteiger partial charge in [0.25, 0.3) is 6.47 Å². The summed E-state index contributed by atoms with van der Waals surface area (Å²) in [6, 6.07) is 9.40. The molecule has 1 N–H and O–H groups in total. The molecule has 1 aliphatic rings. The molecular formula is C20H30N2O5. The van der Waals surface area contributed by atoms with Gasteiger partial charge in [0.05, 0.1) is 12.5 Å². The van der Waals surface area contributed by atoms with E-state index in [1.54, 1.807) is 4.90 Å². The van der Waals surface area contributed by atoms with Crippen molar-refractivity contribution in [2.24, 2.45) is 0 Å². The average Bonchev–Trinajstić information content (AvgIpc) is 2.61. The molecule has 0 bridgehead atoms. The first-order chi connectivity index (χ1) is 12.7. The summed E-state index contributed by atoms with van der Waals surface area (Å²) in [7, 11) is 0. The number of nitrogens with zero attached hydrogens (tertiary/aromatic N) is 1. The van der Waals surface area contributed by atoms with Crippen LogP contribution in [0, 0.1) is 0 Å². The Kier molecular flexibility index (Phi) is 9.50. The number of rotatable bonds is 6. The van der Waals surface area contributed by atoms with E-state index in [2.05, 4.69) is 10.1 Å². The topological polar surface area (TPSA) is 84.9 Å². The molecule has 0 aliphatic carbocycles. The van der Waals surface area contributed by atoms with Gasteiger partial charge in [0.1, 0.15) is 12.2 Å². The number of hydrogen-bond acceptors (Lipinski definition) is 6. The van der Waals surface area contributed by atoms with Gasteiger partial charge in [-0.1, -0.05) is 30.3 Å². The van der Waals surface area contributed by atoms with Crippen molar-refractivity contribution < 1.29 is 23.9 Å². The third kappa shape index (κ3) is 9.75. The van der Waals surface area contributed by atoms with Crippen LogP contribution < -0.4 is 5.32 Å². The van der Waals surface area contributed by atoms with Gasteiger partial charge in [-0.15, -0.1) is 0 Å². The van der Waals surface area contributed by atoms with E-state index in [0.29, 0.717) is 26.2 Å². The lowest BCUT2D eigenvalue weighted by Gasteiger charge is -2.31. The van der Waals surface area contributed by atoms with Gasteiger partial charge in [-0.3, -0.25) is 14.4 Å². The number of piperazine rings is 1. The molecule has 0 aromatic heterocycles. The van der Waals surface area contributed by atoms with Crippen LogP contribution in [0.15, 0.2) is 30.3 Å². The number of amides is 1. The largest absolute Gasteiger partial charge is 0.463 e. The first-order valence-corrected chi connectivity index (χ1v) is 9.06. The summed E-state index contributed by atoms with van der Waals surface area (Å²) < 4.78 is 9.74. The van der Waals surface area contributed by atoms with E-state index in [9.17, 15) is 14.4 Å². The minimum absolute atomic E-state index is 0.0554. The minimum atomic E-state index is -0.460. The predicted octanol–water partition coefficient (Wildman–Crippen LogP) is 1.90. The maximum Gasteiger partial charge on any atom is 0.308 e. The lowest BCUT2D eigenvalue weighted by molar-refractivity contribution is -0.155. The lowest BCUT2D eigenvalue weighted by Crippen LogP contribution is -2.54. The summed E-state index contributed by atoms with van der Waals surface area (Å²) in [5.74, 6) is -0.198. The van der Waals surface area contributed by atoms with Crippen LogP contribution >= 0.6 is 0 Å². The number of carbonyl (C=O) groups excluding carboxylic acids is 3. The van der Waals surface area contributed by atoms with Crippen LogP contribution in [0.1, 0.15) is 39.7 Å². The number of carbonyl (C=O) groups is 3. The summed E-state index contributed by atoms with van der Waals surface area (Å²) in [4.78, 5) is 34.7. The molecule has 2 rings (SSSR count). The van der Waals surface area contributed by atoms with Gasteiger partial charge in [-0.2, -0.15) is 0 Å². The van der Waals surface area contributed by atoms with Crippen LogP contribution in [0.4, 0.5) is 0 Å². The van der Waals surface area contributed by atoms with E-state index < -0.39 is 5.60 Å². The van der Waals surface area contributed by atoms with Gasteiger partial charge in [-0.25, -0.2) is 0 Å². The molecule has 1 aromatic rings. The zero-order chi connectivity index (χ0) is 20.3. The van der Waals surface area contributed by atoms with Crippen molar-refractivity contribution in [1.82, 2.24) is 10.2 Å². The number of esters is 1. The van der Waals surface area contributed by atoms with Crippen molar-refractivity contribution in [2.45, 2.75) is 52.4 Å². The molecular weight excluding hydrogens is 348 g/mol. The summed E-state index contributed by atoms with van der Waals surface area (Å²) in [5, 5.41) is 3.08. The highest BCUT2D eigenvalue weighted by molar-refractivity contribution is 5.82. The smallest absolute Gasteiger partial charge is 0.308 e. The second kappa shape index (κ2) is 11.3. The van der Waals surface area contributed by atoms with Crippen LogP contribution in [0.5, 0.6) is 0 Å². The molecule has 1 fully saturated rings. The molecule has 7 heteroatoms. The number of hydrogen-bond donors (Lipinski definition) is 1. The van der Waals surface area contributed by atoms with Gasteiger partial charge in [0.2, 0.25) is 5.91 Å². The van der Waals surface area contributed by atoms with Gasteiger partial charge in [0.15, 0.2) is 0 Å². The number of benzene rings is 1. The van der Waals surface area contributed by atoms with E-state index in [4.69, 9.17) is 4.74 Å². The molecule has 1 saturated heterocycles. The Morgan fingerprint density at radius 1 is 1.30 bits per heavy atom. The number of ether oxygens (including phenoxy) is 2. The highest BCUT2D eigenvalue weighted by atomic mass is 16.6. The minimum Gasteiger partial charge on any atom is -0.463 e. The highest BCUT2D eigenvalue weighted by Gasteiger charge is 2.25. The van der Waals surface area contributed by atoms with Crippen molar-refractivity contribution >= 4 is 18.3 Å². The first kappa shape index (κ1) is 22.6.